The summed E-state index contributed by atoms with van der Waals surface area (Å²) in [5.74, 6) is 0.777. The lowest BCUT2D eigenvalue weighted by Crippen LogP contribution is -2.27. The number of aromatic amines is 1. The molecular formula is C15H17ClN6. The summed E-state index contributed by atoms with van der Waals surface area (Å²) in [5, 5.41) is 11.9. The Balaban J connectivity index is 1.80. The molecule has 0 bridgehead atoms. The smallest absolute Gasteiger partial charge is 0.160 e. The Bertz CT molecular complexity index is 752. The number of halogens is 1. The van der Waals surface area contributed by atoms with Gasteiger partial charge in [-0.05, 0) is 31.8 Å². The zero-order valence-corrected chi connectivity index (χ0v) is 13.2. The minimum absolute atomic E-state index is 0.203. The van der Waals surface area contributed by atoms with E-state index in [1.54, 1.807) is 6.20 Å². The summed E-state index contributed by atoms with van der Waals surface area (Å²) < 4.78 is 0. The Morgan fingerprint density at radius 3 is 2.73 bits per heavy atom. The Kier molecular flexibility index (Phi) is 4.22. The predicted octanol–water partition coefficient (Wildman–Crippen LogP) is 2.72. The first kappa shape index (κ1) is 14.7. The van der Waals surface area contributed by atoms with Crippen molar-refractivity contribution in [3.05, 3.63) is 47.4 Å². The van der Waals surface area contributed by atoms with Crippen LogP contribution in [0.1, 0.15) is 11.6 Å². The van der Waals surface area contributed by atoms with E-state index in [-0.39, 0.29) is 6.04 Å². The molecule has 3 aromatic rings. The van der Waals surface area contributed by atoms with Crippen molar-refractivity contribution < 1.29 is 0 Å². The molecule has 7 heteroatoms. The average molecular weight is 317 g/mol. The molecule has 0 spiro atoms. The van der Waals surface area contributed by atoms with Gasteiger partial charge >= 0.3 is 0 Å². The lowest BCUT2D eigenvalue weighted by atomic mass is 10.1. The fraction of sp³-hybridized carbons (Fsp3) is 0.267. The van der Waals surface area contributed by atoms with E-state index in [2.05, 4.69) is 30.4 Å². The molecule has 6 nitrogen and oxygen atoms in total. The van der Waals surface area contributed by atoms with Gasteiger partial charge in [-0.2, -0.15) is 5.10 Å². The molecule has 0 aliphatic rings. The SMILES string of the molecule is CN(C)C(CNc1ncnc2[nH]ncc12)c1ccc(Cl)cc1. The van der Waals surface area contributed by atoms with Gasteiger partial charge in [-0.25, -0.2) is 9.97 Å². The first-order valence-electron chi connectivity index (χ1n) is 6.95. The Morgan fingerprint density at radius 2 is 2.00 bits per heavy atom. The van der Waals surface area contributed by atoms with Crippen LogP contribution in [0.25, 0.3) is 11.0 Å². The van der Waals surface area contributed by atoms with E-state index >= 15 is 0 Å². The summed E-state index contributed by atoms with van der Waals surface area (Å²) in [7, 11) is 4.10. The second kappa shape index (κ2) is 6.29. The summed E-state index contributed by atoms with van der Waals surface area (Å²) in [4.78, 5) is 10.6. The largest absolute Gasteiger partial charge is 0.367 e. The fourth-order valence-corrected chi connectivity index (χ4v) is 2.51. The zero-order valence-electron chi connectivity index (χ0n) is 12.4. The topological polar surface area (TPSA) is 69.7 Å². The van der Waals surface area contributed by atoms with Crippen LogP contribution in [0.15, 0.2) is 36.8 Å². The summed E-state index contributed by atoms with van der Waals surface area (Å²) in [6.45, 7) is 0.714. The Morgan fingerprint density at radius 1 is 1.23 bits per heavy atom. The number of nitrogens with one attached hydrogen (secondary N) is 2. The molecule has 1 unspecified atom stereocenters. The van der Waals surface area contributed by atoms with Gasteiger partial charge in [0.1, 0.15) is 12.1 Å². The molecule has 0 saturated heterocycles. The lowest BCUT2D eigenvalue weighted by molar-refractivity contribution is 0.311. The van der Waals surface area contributed by atoms with Crippen LogP contribution in [0.5, 0.6) is 0 Å². The Hall–Kier alpha value is -2.18. The highest BCUT2D eigenvalue weighted by atomic mass is 35.5. The number of nitrogens with zero attached hydrogens (tertiary/aromatic N) is 4. The van der Waals surface area contributed by atoms with E-state index in [9.17, 15) is 0 Å². The lowest BCUT2D eigenvalue weighted by Gasteiger charge is -2.25. The number of hydrogen-bond donors (Lipinski definition) is 2. The molecule has 114 valence electrons. The molecule has 0 radical (unpaired) electrons. The van der Waals surface area contributed by atoms with Gasteiger partial charge in [0.25, 0.3) is 0 Å². The van der Waals surface area contributed by atoms with Crippen LogP contribution in [0.2, 0.25) is 5.02 Å². The maximum Gasteiger partial charge on any atom is 0.160 e. The molecule has 2 N–H and O–H groups in total. The van der Waals surface area contributed by atoms with Crippen LogP contribution >= 0.6 is 11.6 Å². The normalized spacial score (nSPS) is 12.7. The molecule has 0 amide bonds. The van der Waals surface area contributed by atoms with E-state index in [0.29, 0.717) is 6.54 Å². The number of likely N-dealkylation sites (N-methyl/N-ethyl adjacent to an activating group) is 1. The summed E-state index contributed by atoms with van der Waals surface area (Å²) >= 11 is 5.97. The number of rotatable bonds is 5. The maximum atomic E-state index is 5.97. The van der Waals surface area contributed by atoms with Crippen LogP contribution in [-0.2, 0) is 0 Å². The third kappa shape index (κ3) is 3.03. The Labute approximate surface area is 133 Å². The molecule has 0 saturated carbocycles. The van der Waals surface area contributed by atoms with E-state index in [1.165, 1.54) is 11.9 Å². The van der Waals surface area contributed by atoms with Gasteiger partial charge in [-0.1, -0.05) is 23.7 Å². The van der Waals surface area contributed by atoms with Gasteiger partial charge in [0.2, 0.25) is 0 Å². The van der Waals surface area contributed by atoms with Crippen molar-refractivity contribution in [2.75, 3.05) is 26.0 Å². The van der Waals surface area contributed by atoms with Crippen LogP contribution in [0.4, 0.5) is 5.82 Å². The first-order valence-corrected chi connectivity index (χ1v) is 7.33. The monoisotopic (exact) mass is 316 g/mol. The van der Waals surface area contributed by atoms with Crippen molar-refractivity contribution in [2.24, 2.45) is 0 Å². The average Bonchev–Trinajstić information content (AvgIpc) is 2.98. The molecule has 2 heterocycles. The molecule has 1 atom stereocenters. The number of fused-ring (bicyclic) bond motifs is 1. The summed E-state index contributed by atoms with van der Waals surface area (Å²) in [6, 6.07) is 8.11. The highest BCUT2D eigenvalue weighted by molar-refractivity contribution is 6.30. The second-order valence-electron chi connectivity index (χ2n) is 5.27. The zero-order chi connectivity index (χ0) is 15.5. The van der Waals surface area contributed by atoms with Crippen LogP contribution in [0.3, 0.4) is 0 Å². The van der Waals surface area contributed by atoms with E-state index < -0.39 is 0 Å². The number of anilines is 1. The van der Waals surface area contributed by atoms with Crippen molar-refractivity contribution >= 4 is 28.5 Å². The highest BCUT2D eigenvalue weighted by Gasteiger charge is 2.15. The molecule has 2 aromatic heterocycles. The van der Waals surface area contributed by atoms with Crippen LogP contribution in [-0.4, -0.2) is 45.7 Å². The predicted molar refractivity (Wildman–Crippen MR) is 88.1 cm³/mol. The molecule has 3 rings (SSSR count). The minimum atomic E-state index is 0.203. The summed E-state index contributed by atoms with van der Waals surface area (Å²) in [5.41, 5.74) is 1.92. The minimum Gasteiger partial charge on any atom is -0.367 e. The molecule has 22 heavy (non-hydrogen) atoms. The van der Waals surface area contributed by atoms with Gasteiger partial charge in [-0.3, -0.25) is 5.10 Å². The quantitative estimate of drug-likeness (QED) is 0.757. The van der Waals surface area contributed by atoms with E-state index in [1.807, 2.05) is 38.4 Å². The van der Waals surface area contributed by atoms with Crippen molar-refractivity contribution in [3.63, 3.8) is 0 Å². The van der Waals surface area contributed by atoms with Crippen LogP contribution < -0.4 is 5.32 Å². The van der Waals surface area contributed by atoms with Gasteiger partial charge < -0.3 is 10.2 Å². The van der Waals surface area contributed by atoms with Crippen LogP contribution in [0, 0.1) is 0 Å². The van der Waals surface area contributed by atoms with Gasteiger partial charge in [0.05, 0.1) is 17.6 Å². The van der Waals surface area contributed by atoms with Crippen molar-refractivity contribution in [1.82, 2.24) is 25.1 Å². The third-order valence-corrected chi connectivity index (χ3v) is 3.84. The number of aromatic nitrogens is 4. The van der Waals surface area contributed by atoms with Crippen molar-refractivity contribution in [2.45, 2.75) is 6.04 Å². The third-order valence-electron chi connectivity index (χ3n) is 3.59. The van der Waals surface area contributed by atoms with Gasteiger partial charge in [-0.15, -0.1) is 0 Å². The second-order valence-corrected chi connectivity index (χ2v) is 5.70. The maximum absolute atomic E-state index is 5.97. The molecule has 0 fully saturated rings. The molecule has 0 aliphatic carbocycles. The molecular weight excluding hydrogens is 300 g/mol. The standard InChI is InChI=1S/C15H17ClN6/c1-22(2)13(10-3-5-11(16)6-4-10)8-17-14-12-7-20-21-15(12)19-9-18-14/h3-7,9,13H,8H2,1-2H3,(H2,17,18,19,20,21). The highest BCUT2D eigenvalue weighted by Crippen LogP contribution is 2.22. The fourth-order valence-electron chi connectivity index (χ4n) is 2.38. The van der Waals surface area contributed by atoms with Crippen molar-refractivity contribution in [3.8, 4) is 0 Å². The van der Waals surface area contributed by atoms with E-state index in [4.69, 9.17) is 11.6 Å². The summed E-state index contributed by atoms with van der Waals surface area (Å²) in [6.07, 6.45) is 3.25. The first-order chi connectivity index (χ1) is 10.6. The number of hydrogen-bond acceptors (Lipinski definition) is 5. The van der Waals surface area contributed by atoms with E-state index in [0.717, 1.165) is 21.9 Å². The molecule has 0 aliphatic heterocycles. The number of benzene rings is 1. The van der Waals surface area contributed by atoms with Crippen molar-refractivity contribution in [1.29, 1.82) is 0 Å². The van der Waals surface area contributed by atoms with Gasteiger partial charge in [0.15, 0.2) is 5.65 Å². The number of H-pyrrole nitrogens is 1. The molecule has 1 aromatic carbocycles. The van der Waals surface area contributed by atoms with Gasteiger partial charge in [0, 0.05) is 11.6 Å².